The van der Waals surface area contributed by atoms with Gasteiger partial charge in [-0.3, -0.25) is 14.9 Å². The van der Waals surface area contributed by atoms with Crippen molar-refractivity contribution in [3.05, 3.63) is 94.6 Å². The van der Waals surface area contributed by atoms with Gasteiger partial charge in [0.25, 0.3) is 11.8 Å². The van der Waals surface area contributed by atoms with Gasteiger partial charge in [-0.15, -0.1) is 0 Å². The van der Waals surface area contributed by atoms with Gasteiger partial charge in [0, 0.05) is 0 Å². The Kier molecular flexibility index (Phi) is 6.82. The van der Waals surface area contributed by atoms with Crippen LogP contribution in [0.1, 0.15) is 27.0 Å². The minimum absolute atomic E-state index is 0.172. The molecule has 3 aromatic rings. The molecule has 36 heavy (non-hydrogen) atoms. The number of ether oxygens (including phenoxy) is 2. The highest BCUT2D eigenvalue weighted by Crippen LogP contribution is 2.30. The lowest BCUT2D eigenvalue weighted by atomic mass is 10.1. The molecule has 0 unspecified atom stereocenters. The van der Waals surface area contributed by atoms with Gasteiger partial charge in [-0.25, -0.2) is 14.5 Å². The molecule has 1 heterocycles. The van der Waals surface area contributed by atoms with E-state index in [1.54, 1.807) is 54.6 Å². The van der Waals surface area contributed by atoms with E-state index in [0.29, 0.717) is 22.7 Å². The first-order valence-corrected chi connectivity index (χ1v) is 10.9. The van der Waals surface area contributed by atoms with E-state index in [1.807, 2.05) is 6.92 Å². The molecule has 1 fully saturated rings. The number of hydrogen-bond donors (Lipinski definition) is 2. The van der Waals surface area contributed by atoms with Crippen LogP contribution in [0.25, 0.3) is 6.08 Å². The van der Waals surface area contributed by atoms with Crippen molar-refractivity contribution in [3.8, 4) is 11.5 Å². The van der Waals surface area contributed by atoms with Crippen LogP contribution in [0.2, 0.25) is 0 Å². The highest BCUT2D eigenvalue weighted by atomic mass is 16.5. The summed E-state index contributed by atoms with van der Waals surface area (Å²) in [6, 6.07) is 17.1. The predicted octanol–water partition coefficient (Wildman–Crippen LogP) is 3.95. The average Bonchev–Trinajstić information content (AvgIpc) is 2.86. The van der Waals surface area contributed by atoms with Crippen molar-refractivity contribution in [2.75, 3.05) is 12.0 Å². The summed E-state index contributed by atoms with van der Waals surface area (Å²) >= 11 is 0. The van der Waals surface area contributed by atoms with Crippen LogP contribution in [0.15, 0.2) is 72.3 Å². The maximum atomic E-state index is 13.1. The molecule has 0 bridgehead atoms. The SMILES string of the molecule is COc1cc(C=C2C(=O)NC(=O)N(c3ccc(C)cc3)C2=O)ccc1OCc1ccc(C(=O)O)cc1. The number of carbonyl (C=O) groups excluding carboxylic acids is 3. The second-order valence-corrected chi connectivity index (χ2v) is 7.99. The van der Waals surface area contributed by atoms with Crippen LogP contribution in [0.3, 0.4) is 0 Å². The molecule has 2 N–H and O–H groups in total. The normalized spacial score (nSPS) is 14.6. The van der Waals surface area contributed by atoms with Gasteiger partial charge in [-0.05, 0) is 60.5 Å². The van der Waals surface area contributed by atoms with Crippen LogP contribution in [0.5, 0.6) is 11.5 Å². The van der Waals surface area contributed by atoms with Crippen LogP contribution in [-0.2, 0) is 16.2 Å². The minimum Gasteiger partial charge on any atom is -0.493 e. The number of carboxylic acids is 1. The fourth-order valence-electron chi connectivity index (χ4n) is 3.55. The summed E-state index contributed by atoms with van der Waals surface area (Å²) in [5.74, 6) is -1.76. The van der Waals surface area contributed by atoms with Crippen molar-refractivity contribution >= 4 is 35.6 Å². The Morgan fingerprint density at radius 1 is 0.972 bits per heavy atom. The minimum atomic E-state index is -1.01. The van der Waals surface area contributed by atoms with Crippen molar-refractivity contribution in [1.29, 1.82) is 0 Å². The van der Waals surface area contributed by atoms with Gasteiger partial charge in [0.2, 0.25) is 0 Å². The third-order valence-electron chi connectivity index (χ3n) is 5.49. The van der Waals surface area contributed by atoms with Crippen LogP contribution in [0, 0.1) is 6.92 Å². The van der Waals surface area contributed by atoms with E-state index in [1.165, 1.54) is 25.3 Å². The van der Waals surface area contributed by atoms with E-state index < -0.39 is 23.8 Å². The highest BCUT2D eigenvalue weighted by Gasteiger charge is 2.36. The molecule has 9 nitrogen and oxygen atoms in total. The molecule has 0 aliphatic carbocycles. The van der Waals surface area contributed by atoms with E-state index >= 15 is 0 Å². The molecule has 1 aliphatic heterocycles. The Bertz CT molecular complexity index is 1380. The Hall–Kier alpha value is -4.92. The van der Waals surface area contributed by atoms with Crippen molar-refractivity contribution in [3.63, 3.8) is 0 Å². The number of carbonyl (C=O) groups is 4. The Balaban J connectivity index is 1.55. The van der Waals surface area contributed by atoms with Gasteiger partial charge in [0.1, 0.15) is 12.2 Å². The summed E-state index contributed by atoms with van der Waals surface area (Å²) in [5, 5.41) is 11.2. The second-order valence-electron chi connectivity index (χ2n) is 7.99. The van der Waals surface area contributed by atoms with E-state index in [2.05, 4.69) is 5.32 Å². The fourth-order valence-corrected chi connectivity index (χ4v) is 3.55. The van der Waals surface area contributed by atoms with Crippen LogP contribution >= 0.6 is 0 Å². The van der Waals surface area contributed by atoms with Crippen molar-refractivity contribution in [1.82, 2.24) is 5.32 Å². The van der Waals surface area contributed by atoms with E-state index in [9.17, 15) is 19.2 Å². The van der Waals surface area contributed by atoms with Gasteiger partial charge in [0.05, 0.1) is 18.4 Å². The third kappa shape index (κ3) is 5.10. The predicted molar refractivity (Wildman–Crippen MR) is 131 cm³/mol. The lowest BCUT2D eigenvalue weighted by Gasteiger charge is -2.26. The molecular weight excluding hydrogens is 464 g/mol. The maximum Gasteiger partial charge on any atom is 0.335 e. The molecule has 0 atom stereocenters. The topological polar surface area (TPSA) is 122 Å². The first-order valence-electron chi connectivity index (χ1n) is 10.9. The zero-order valence-corrected chi connectivity index (χ0v) is 19.5. The average molecular weight is 486 g/mol. The van der Waals surface area contributed by atoms with Gasteiger partial charge < -0.3 is 14.6 Å². The molecule has 4 rings (SSSR count). The third-order valence-corrected chi connectivity index (χ3v) is 5.49. The number of nitrogens with zero attached hydrogens (tertiary/aromatic N) is 1. The maximum absolute atomic E-state index is 13.1. The molecule has 1 saturated heterocycles. The monoisotopic (exact) mass is 486 g/mol. The van der Waals surface area contributed by atoms with Crippen molar-refractivity contribution in [2.45, 2.75) is 13.5 Å². The molecule has 0 radical (unpaired) electrons. The summed E-state index contributed by atoms with van der Waals surface area (Å²) in [7, 11) is 1.46. The quantitative estimate of drug-likeness (QED) is 0.383. The molecule has 0 saturated carbocycles. The number of benzene rings is 3. The first-order chi connectivity index (χ1) is 17.3. The number of hydrogen-bond acceptors (Lipinski definition) is 6. The highest BCUT2D eigenvalue weighted by molar-refractivity contribution is 6.39. The lowest BCUT2D eigenvalue weighted by Crippen LogP contribution is -2.54. The second kappa shape index (κ2) is 10.1. The van der Waals surface area contributed by atoms with Gasteiger partial charge in [-0.1, -0.05) is 35.9 Å². The lowest BCUT2D eigenvalue weighted by molar-refractivity contribution is -0.122. The van der Waals surface area contributed by atoms with E-state index in [-0.39, 0.29) is 17.7 Å². The zero-order chi connectivity index (χ0) is 25.8. The number of barbiturate groups is 1. The molecular formula is C27H22N2O7. The van der Waals surface area contributed by atoms with Gasteiger partial charge in [-0.2, -0.15) is 0 Å². The number of amides is 4. The van der Waals surface area contributed by atoms with Gasteiger partial charge >= 0.3 is 12.0 Å². The molecule has 182 valence electrons. The number of anilines is 1. The smallest absolute Gasteiger partial charge is 0.335 e. The Labute approximate surface area is 206 Å². The standard InChI is InChI=1S/C27H22N2O7/c1-16-3-10-20(11-4-16)29-25(31)21(24(30)28-27(29)34)13-18-7-12-22(23(14-18)35-2)36-15-17-5-8-19(9-6-17)26(32)33/h3-14H,15H2,1-2H3,(H,32,33)(H,28,30,34). The fraction of sp³-hybridized carbons (Fsp3) is 0.111. The molecule has 0 spiro atoms. The molecule has 1 aliphatic rings. The van der Waals surface area contributed by atoms with Crippen molar-refractivity contribution < 1.29 is 33.8 Å². The number of imide groups is 2. The van der Waals surface area contributed by atoms with Crippen LogP contribution in [0.4, 0.5) is 10.5 Å². The molecule has 3 aromatic carbocycles. The van der Waals surface area contributed by atoms with Crippen LogP contribution in [-0.4, -0.2) is 36.0 Å². The number of urea groups is 1. The summed E-state index contributed by atoms with van der Waals surface area (Å²) in [6.07, 6.45) is 1.38. The Morgan fingerprint density at radius 3 is 2.31 bits per heavy atom. The Morgan fingerprint density at radius 2 is 1.67 bits per heavy atom. The summed E-state index contributed by atoms with van der Waals surface area (Å²) in [6.45, 7) is 2.05. The molecule has 0 aromatic heterocycles. The van der Waals surface area contributed by atoms with E-state index in [4.69, 9.17) is 14.6 Å². The van der Waals surface area contributed by atoms with Crippen molar-refractivity contribution in [2.24, 2.45) is 0 Å². The van der Waals surface area contributed by atoms with Crippen LogP contribution < -0.4 is 19.7 Å². The summed E-state index contributed by atoms with van der Waals surface area (Å²) in [4.78, 5) is 49.8. The zero-order valence-electron chi connectivity index (χ0n) is 19.5. The number of methoxy groups -OCH3 is 1. The summed E-state index contributed by atoms with van der Waals surface area (Å²) < 4.78 is 11.2. The molecule has 4 amide bonds. The van der Waals surface area contributed by atoms with Gasteiger partial charge in [0.15, 0.2) is 11.5 Å². The number of aromatic carboxylic acids is 1. The largest absolute Gasteiger partial charge is 0.493 e. The number of rotatable bonds is 7. The number of nitrogens with one attached hydrogen (secondary N) is 1. The number of aryl methyl sites for hydroxylation is 1. The molecule has 9 heteroatoms. The van der Waals surface area contributed by atoms with E-state index in [0.717, 1.165) is 16.0 Å². The first kappa shape index (κ1) is 24.2. The summed E-state index contributed by atoms with van der Waals surface area (Å²) in [5.41, 5.74) is 2.53. The number of carboxylic acid groups (broad SMARTS) is 1.